The fourth-order valence-electron chi connectivity index (χ4n) is 5.72. The molecule has 6 rings (SSSR count). The van der Waals surface area contributed by atoms with E-state index < -0.39 is 87.1 Å². The fourth-order valence-corrected chi connectivity index (χ4v) is 7.88. The number of aryl methyl sites for hydroxylation is 2. The first-order valence-corrected chi connectivity index (χ1v) is 22.1. The second-order valence-corrected chi connectivity index (χ2v) is 17.3. The quantitative estimate of drug-likeness (QED) is 0.0122. The number of aromatic hydroxyl groups is 1. The maximum Gasteiger partial charge on any atom is 0.326 e. The second-order valence-electron chi connectivity index (χ2n) is 13.1. The molecule has 0 unspecified atom stereocenters. The summed E-state index contributed by atoms with van der Waals surface area (Å²) in [5.74, 6) is -1.37. The average molecular weight is 1020 g/mol. The van der Waals surface area contributed by atoms with Gasteiger partial charge in [-0.1, -0.05) is 12.5 Å². The van der Waals surface area contributed by atoms with Gasteiger partial charge < -0.3 is 31.4 Å². The lowest BCUT2D eigenvalue weighted by Gasteiger charge is -2.14. The van der Waals surface area contributed by atoms with Gasteiger partial charge in [-0.3, -0.25) is 29.3 Å². The van der Waals surface area contributed by atoms with Crippen molar-refractivity contribution in [2.24, 2.45) is 20.5 Å². The highest BCUT2D eigenvalue weighted by atomic mass is 32.2. The van der Waals surface area contributed by atoms with Gasteiger partial charge in [0.2, 0.25) is 11.9 Å². The second kappa shape index (κ2) is 21.5. The van der Waals surface area contributed by atoms with E-state index in [4.69, 9.17) is 11.0 Å². The Morgan fingerprint density at radius 3 is 1.75 bits per heavy atom. The van der Waals surface area contributed by atoms with Gasteiger partial charge in [0.15, 0.2) is 5.75 Å². The van der Waals surface area contributed by atoms with Gasteiger partial charge in [-0.05, 0) is 67.8 Å². The first kappa shape index (κ1) is 51.5. The van der Waals surface area contributed by atoms with Gasteiger partial charge in [-0.25, -0.2) is 20.1 Å². The molecule has 0 fully saturated rings. The van der Waals surface area contributed by atoms with E-state index in [0.717, 1.165) is 30.3 Å². The zero-order valence-corrected chi connectivity index (χ0v) is 36.7. The van der Waals surface area contributed by atoms with Crippen LogP contribution in [0.1, 0.15) is 18.8 Å². The zero-order chi connectivity index (χ0) is 48.8. The van der Waals surface area contributed by atoms with Crippen molar-refractivity contribution in [1.82, 2.24) is 19.9 Å². The number of carbonyl (C=O) groups excluding carboxylic acids is 2. The maximum atomic E-state index is 12.8. The monoisotopic (exact) mass is 1020 g/mol. The number of nitrogens with zero attached hydrogens (tertiary/aromatic N) is 6. The van der Waals surface area contributed by atoms with E-state index in [9.17, 15) is 55.5 Å². The zero-order valence-electron chi connectivity index (χ0n) is 33.4. The van der Waals surface area contributed by atoms with E-state index in [2.05, 4.69) is 75.4 Å². The first-order valence-electron chi connectivity index (χ1n) is 17.8. The Labute approximate surface area is 389 Å². The van der Waals surface area contributed by atoms with Crippen molar-refractivity contribution in [1.29, 1.82) is 0 Å². The van der Waals surface area contributed by atoms with E-state index in [0.29, 0.717) is 23.4 Å². The van der Waals surface area contributed by atoms with Gasteiger partial charge in [0.05, 0.1) is 45.0 Å². The summed E-state index contributed by atoms with van der Waals surface area (Å²) < 4.78 is 79.1. The molecule has 29 nitrogen and oxygen atoms in total. The molecule has 13 N–H and O–H groups in total. The molecule has 68 heavy (non-hydrogen) atoms. The number of hydrogen-bond acceptors (Lipinski definition) is 23. The Morgan fingerprint density at radius 1 is 0.691 bits per heavy atom. The number of aromatic amines is 2. The number of azo groups is 2. The smallest absolute Gasteiger partial charge is 0.326 e. The molecule has 4 aromatic carbocycles. The number of anilines is 5. The Kier molecular flexibility index (Phi) is 16.3. The number of phenols is 1. The van der Waals surface area contributed by atoms with Crippen LogP contribution < -0.4 is 38.1 Å². The van der Waals surface area contributed by atoms with Gasteiger partial charge in [0.1, 0.15) is 32.5 Å². The molecule has 0 saturated carbocycles. The van der Waals surface area contributed by atoms with Crippen LogP contribution in [0.2, 0.25) is 0 Å². The van der Waals surface area contributed by atoms with Crippen molar-refractivity contribution in [3.63, 3.8) is 0 Å². The predicted octanol–water partition coefficient (Wildman–Crippen LogP) is 7.08. The summed E-state index contributed by atoms with van der Waals surface area (Å²) in [6.07, 6.45) is 0. The Hall–Kier alpha value is -7.44. The van der Waals surface area contributed by atoms with Crippen LogP contribution in [0.25, 0.3) is 10.8 Å². The molecule has 0 saturated heterocycles. The van der Waals surface area contributed by atoms with Crippen LogP contribution in [-0.2, 0) is 33.9 Å². The van der Waals surface area contributed by atoms with Gasteiger partial charge in [0, 0.05) is 34.9 Å². The number of hydrogen-bond donors (Lipinski definition) is 12. The number of amides is 4. The number of benzene rings is 4. The number of phenolic OH excluding ortho intramolecular Hbond substituents is 1. The molecule has 0 aliphatic rings. The molecule has 0 bridgehead atoms. The number of nitrogens with two attached hydrogens (primary N) is 1. The summed E-state index contributed by atoms with van der Waals surface area (Å²) in [5, 5.41) is 57.7. The number of nitrogen functional groups attached to an aromatic ring is 1. The number of nitrogens with one attached hydrogen (secondary N) is 6. The van der Waals surface area contributed by atoms with Crippen LogP contribution in [0.15, 0.2) is 110 Å². The van der Waals surface area contributed by atoms with E-state index in [1.54, 1.807) is 6.92 Å². The average Bonchev–Trinajstić information content (AvgIpc) is 3.21. The SMILES string of the molecule is C.Cc1cc(=O)nc(NC(=O)Nc2ccc(SOOO)c(N=Nc3c(S(=O)(=O)O)cc4cc(SOO)c(N=Nc5cc(NC(=O)Nc6nc(=O)cc(C)[nH]6)ccc5S(=O)(=O)O)c(O)c4c3N)c2)[nH]1. The van der Waals surface area contributed by atoms with E-state index >= 15 is 0 Å². The lowest BCUT2D eigenvalue weighted by molar-refractivity contribution is -0.432. The first-order chi connectivity index (χ1) is 31.6. The molecular formula is C35H33N13O16S4. The summed E-state index contributed by atoms with van der Waals surface area (Å²) in [6, 6.07) is 8.91. The predicted molar refractivity (Wildman–Crippen MR) is 242 cm³/mol. The lowest BCUT2D eigenvalue weighted by atomic mass is 10.1. The third-order valence-corrected chi connectivity index (χ3v) is 11.3. The summed E-state index contributed by atoms with van der Waals surface area (Å²) >= 11 is 0.485. The highest BCUT2D eigenvalue weighted by molar-refractivity contribution is 7.95. The summed E-state index contributed by atoms with van der Waals surface area (Å²) in [7, 11) is -10.3. The molecule has 358 valence electrons. The lowest BCUT2D eigenvalue weighted by Crippen LogP contribution is -2.23. The standard InChI is InChI=1S/C34H29N13O16S4.CH4/c1-13-7-24(48)40-31(36-13)42-33(51)38-16-3-5-20(65-63-61-53)18(11-16)44-47-29-23(67(58,59)60)10-15-9-21(64-62-54)28(30(50)26(15)27(29)35)46-45-19-12-17(4-6-22(19)66(55,56)57)39-34(52)43-32-37-14(2)8-25(49)41-32;/h3-12,50,53-54H,35H2,1-2H3,(H,55,56,57)(H,58,59,60)(H3,36,38,40,42,48,51)(H3,37,39,41,43,49,52);1H4. The topological polar surface area (TPSA) is 446 Å². The minimum absolute atomic E-state index is 0. The summed E-state index contributed by atoms with van der Waals surface area (Å²) in [4.78, 5) is 59.4. The van der Waals surface area contributed by atoms with Crippen LogP contribution >= 0.6 is 24.1 Å². The molecular weight excluding hydrogens is 987 g/mol. The largest absolute Gasteiger partial charge is 0.505 e. The molecule has 0 atom stereocenters. The molecule has 0 spiro atoms. The van der Waals surface area contributed by atoms with Crippen LogP contribution in [0, 0.1) is 13.8 Å². The van der Waals surface area contributed by atoms with Crippen LogP contribution in [-0.4, -0.2) is 73.6 Å². The summed E-state index contributed by atoms with van der Waals surface area (Å²) in [6.45, 7) is 3.08. The van der Waals surface area contributed by atoms with Crippen molar-refractivity contribution in [3.05, 3.63) is 92.8 Å². The van der Waals surface area contributed by atoms with Crippen LogP contribution in [0.3, 0.4) is 0 Å². The van der Waals surface area contributed by atoms with Gasteiger partial charge >= 0.3 is 12.1 Å². The van der Waals surface area contributed by atoms with Gasteiger partial charge in [0.25, 0.3) is 31.4 Å². The van der Waals surface area contributed by atoms with E-state index in [1.165, 1.54) is 37.3 Å². The van der Waals surface area contributed by atoms with E-state index in [-0.39, 0.29) is 63.6 Å². The molecule has 2 aromatic heterocycles. The summed E-state index contributed by atoms with van der Waals surface area (Å²) in [5.41, 5.74) is 2.69. The molecule has 2 heterocycles. The number of fused-ring (bicyclic) bond motifs is 1. The Balaban J connectivity index is 0.00000864. The molecule has 0 aliphatic carbocycles. The molecule has 33 heteroatoms. The number of carbonyl (C=O) groups is 2. The molecule has 0 aliphatic heterocycles. The van der Waals surface area contributed by atoms with Crippen molar-refractivity contribution in [2.45, 2.75) is 40.9 Å². The van der Waals surface area contributed by atoms with Crippen LogP contribution in [0.4, 0.5) is 61.3 Å². The third-order valence-electron chi connectivity index (χ3n) is 8.32. The Bertz CT molecular complexity index is 3370. The van der Waals surface area contributed by atoms with Gasteiger partial charge in [-0.15, -0.1) is 24.8 Å². The molecule has 0 radical (unpaired) electrons. The number of urea groups is 2. The van der Waals surface area contributed by atoms with Crippen molar-refractivity contribution >= 4 is 119 Å². The van der Waals surface area contributed by atoms with Crippen molar-refractivity contribution in [3.8, 4) is 5.75 Å². The minimum atomic E-state index is -5.24. The van der Waals surface area contributed by atoms with Crippen molar-refractivity contribution in [2.75, 3.05) is 27.0 Å². The number of rotatable bonds is 15. The highest BCUT2D eigenvalue weighted by Crippen LogP contribution is 2.50. The van der Waals surface area contributed by atoms with Crippen LogP contribution in [0.5, 0.6) is 5.75 Å². The molecule has 4 amide bonds. The van der Waals surface area contributed by atoms with Gasteiger partial charge in [-0.2, -0.15) is 31.1 Å². The normalized spacial score (nSPS) is 11.7. The Morgan fingerprint density at radius 2 is 1.22 bits per heavy atom. The maximum absolute atomic E-state index is 12.8. The number of H-pyrrole nitrogens is 2. The van der Waals surface area contributed by atoms with E-state index in [1.807, 2.05) is 0 Å². The fraction of sp³-hybridized carbons (Fsp3) is 0.0857. The number of aromatic nitrogens is 4. The van der Waals surface area contributed by atoms with Crippen molar-refractivity contribution < 1.29 is 64.9 Å². The highest BCUT2D eigenvalue weighted by Gasteiger charge is 2.26. The third kappa shape index (κ3) is 12.7. The molecule has 6 aromatic rings. The minimum Gasteiger partial charge on any atom is -0.505 e.